The predicted octanol–water partition coefficient (Wildman–Crippen LogP) is 0.654. The molecule has 0 aliphatic rings. The van der Waals surface area contributed by atoms with Crippen molar-refractivity contribution in [3.63, 3.8) is 0 Å². The van der Waals surface area contributed by atoms with E-state index in [0.29, 0.717) is 0 Å². The Labute approximate surface area is 102 Å². The molecule has 100 valence electrons. The number of aliphatic hydroxyl groups is 1. The van der Waals surface area contributed by atoms with Gasteiger partial charge in [0.25, 0.3) is 0 Å². The molecule has 6 nitrogen and oxygen atoms in total. The maximum absolute atomic E-state index is 11.8. The molecule has 0 aromatic carbocycles. The van der Waals surface area contributed by atoms with Crippen molar-refractivity contribution in [3.8, 4) is 0 Å². The number of amides is 2. The summed E-state index contributed by atoms with van der Waals surface area (Å²) in [6, 6.07) is -0.235. The maximum atomic E-state index is 11.8. The highest BCUT2D eigenvalue weighted by Gasteiger charge is 2.20. The van der Waals surface area contributed by atoms with E-state index in [1.54, 1.807) is 4.90 Å². The summed E-state index contributed by atoms with van der Waals surface area (Å²) >= 11 is 0. The van der Waals surface area contributed by atoms with Crippen LogP contribution in [-0.4, -0.2) is 52.9 Å². The zero-order valence-corrected chi connectivity index (χ0v) is 10.5. The fourth-order valence-corrected chi connectivity index (χ4v) is 1.67. The van der Waals surface area contributed by atoms with Crippen LogP contribution in [0, 0.1) is 0 Å². The Balaban J connectivity index is 4.27. The summed E-state index contributed by atoms with van der Waals surface area (Å²) in [6.07, 6.45) is 1.52. The molecule has 2 amide bonds. The first kappa shape index (κ1) is 15.7. The molecule has 0 fully saturated rings. The predicted molar refractivity (Wildman–Crippen MR) is 63.8 cm³/mol. The smallest absolute Gasteiger partial charge is 0.317 e. The monoisotopic (exact) mass is 246 g/mol. The largest absolute Gasteiger partial charge is 0.481 e. The molecule has 0 atom stereocenters. The molecular weight excluding hydrogens is 224 g/mol. The lowest BCUT2D eigenvalue weighted by Gasteiger charge is -2.30. The van der Waals surface area contributed by atoms with Gasteiger partial charge in [0.1, 0.15) is 0 Å². The normalized spacial score (nSPS) is 10.4. The molecule has 0 aliphatic carbocycles. The summed E-state index contributed by atoms with van der Waals surface area (Å²) in [5.41, 5.74) is 0. The van der Waals surface area contributed by atoms with Gasteiger partial charge in [-0.2, -0.15) is 0 Å². The Hall–Kier alpha value is -1.30. The standard InChI is InChI=1S/C11H22N2O4/c1-3-9(4-2)13(7-8-14)11(17)12-6-5-10(15)16/h9,14H,3-8H2,1-2H3,(H,12,17)(H,15,16). The molecule has 6 heteroatoms. The van der Waals surface area contributed by atoms with Gasteiger partial charge in [-0.05, 0) is 12.8 Å². The lowest BCUT2D eigenvalue weighted by Crippen LogP contribution is -2.47. The lowest BCUT2D eigenvalue weighted by molar-refractivity contribution is -0.136. The number of aliphatic carboxylic acids is 1. The maximum Gasteiger partial charge on any atom is 0.317 e. The van der Waals surface area contributed by atoms with E-state index in [1.165, 1.54) is 0 Å². The van der Waals surface area contributed by atoms with Crippen molar-refractivity contribution in [1.29, 1.82) is 0 Å². The average molecular weight is 246 g/mol. The minimum atomic E-state index is -0.943. The topological polar surface area (TPSA) is 89.9 Å². The third-order valence-corrected chi connectivity index (χ3v) is 2.60. The summed E-state index contributed by atoms with van der Waals surface area (Å²) in [5.74, 6) is -0.943. The van der Waals surface area contributed by atoms with Crippen LogP contribution < -0.4 is 5.32 Å². The van der Waals surface area contributed by atoms with Crippen LogP contribution in [0.5, 0.6) is 0 Å². The van der Waals surface area contributed by atoms with Gasteiger partial charge in [0.05, 0.1) is 13.0 Å². The van der Waals surface area contributed by atoms with Crippen molar-refractivity contribution < 1.29 is 19.8 Å². The molecule has 0 saturated heterocycles. The summed E-state index contributed by atoms with van der Waals surface area (Å²) in [5, 5.41) is 19.9. The van der Waals surface area contributed by atoms with Gasteiger partial charge >= 0.3 is 12.0 Å². The molecule has 0 bridgehead atoms. The molecule has 0 aromatic heterocycles. The van der Waals surface area contributed by atoms with Crippen molar-refractivity contribution in [1.82, 2.24) is 10.2 Å². The zero-order chi connectivity index (χ0) is 13.3. The van der Waals surface area contributed by atoms with Crippen molar-refractivity contribution in [2.24, 2.45) is 0 Å². The number of nitrogens with zero attached hydrogens (tertiary/aromatic N) is 1. The number of carbonyl (C=O) groups is 2. The number of urea groups is 1. The first-order valence-electron chi connectivity index (χ1n) is 5.93. The van der Waals surface area contributed by atoms with E-state index >= 15 is 0 Å². The van der Waals surface area contributed by atoms with Crippen LogP contribution >= 0.6 is 0 Å². The molecule has 0 aromatic rings. The molecule has 0 unspecified atom stereocenters. The minimum Gasteiger partial charge on any atom is -0.481 e. The average Bonchev–Trinajstić information content (AvgIpc) is 2.28. The third-order valence-electron chi connectivity index (χ3n) is 2.60. The van der Waals surface area contributed by atoms with Gasteiger partial charge < -0.3 is 20.4 Å². The second-order valence-corrected chi connectivity index (χ2v) is 3.76. The first-order chi connectivity index (χ1) is 8.06. The molecule has 17 heavy (non-hydrogen) atoms. The Kier molecular flexibility index (Phi) is 8.13. The Bertz CT molecular complexity index is 242. The molecule has 3 N–H and O–H groups in total. The summed E-state index contributed by atoms with van der Waals surface area (Å²) in [6.45, 7) is 4.23. The van der Waals surface area contributed by atoms with E-state index in [1.807, 2.05) is 13.8 Å². The van der Waals surface area contributed by atoms with Crippen LogP contribution in [0.2, 0.25) is 0 Å². The van der Waals surface area contributed by atoms with Gasteiger partial charge in [0, 0.05) is 19.1 Å². The third kappa shape index (κ3) is 6.11. The van der Waals surface area contributed by atoms with Crippen molar-refractivity contribution in [3.05, 3.63) is 0 Å². The van der Waals surface area contributed by atoms with E-state index < -0.39 is 5.97 Å². The van der Waals surface area contributed by atoms with Crippen LogP contribution in [-0.2, 0) is 4.79 Å². The molecule has 0 saturated carbocycles. The Morgan fingerprint density at radius 2 is 1.88 bits per heavy atom. The van der Waals surface area contributed by atoms with Crippen LogP contribution in [0.1, 0.15) is 33.1 Å². The van der Waals surface area contributed by atoms with Crippen molar-refractivity contribution in [2.45, 2.75) is 39.2 Å². The Morgan fingerprint density at radius 3 is 2.29 bits per heavy atom. The van der Waals surface area contributed by atoms with E-state index in [9.17, 15) is 9.59 Å². The summed E-state index contributed by atoms with van der Waals surface area (Å²) < 4.78 is 0. The highest BCUT2D eigenvalue weighted by Crippen LogP contribution is 2.08. The van der Waals surface area contributed by atoms with Gasteiger partial charge in [-0.1, -0.05) is 13.8 Å². The van der Waals surface area contributed by atoms with Crippen molar-refractivity contribution >= 4 is 12.0 Å². The molecule has 0 rings (SSSR count). The SMILES string of the molecule is CCC(CC)N(CCO)C(=O)NCCC(=O)O. The van der Waals surface area contributed by atoms with Crippen LogP contribution in [0.15, 0.2) is 0 Å². The van der Waals surface area contributed by atoms with Gasteiger partial charge in [-0.3, -0.25) is 4.79 Å². The highest BCUT2D eigenvalue weighted by molar-refractivity contribution is 5.75. The van der Waals surface area contributed by atoms with E-state index in [2.05, 4.69) is 5.32 Å². The summed E-state index contributed by atoms with van der Waals surface area (Å²) in [4.78, 5) is 23.7. The van der Waals surface area contributed by atoms with Gasteiger partial charge in [0.15, 0.2) is 0 Å². The van der Waals surface area contributed by atoms with Gasteiger partial charge in [0.2, 0.25) is 0 Å². The number of aliphatic hydroxyl groups excluding tert-OH is 1. The van der Waals surface area contributed by atoms with Crippen LogP contribution in [0.25, 0.3) is 0 Å². The van der Waals surface area contributed by atoms with Crippen LogP contribution in [0.3, 0.4) is 0 Å². The van der Waals surface area contributed by atoms with Gasteiger partial charge in [-0.25, -0.2) is 4.79 Å². The minimum absolute atomic E-state index is 0.0759. The Morgan fingerprint density at radius 1 is 1.29 bits per heavy atom. The number of rotatable bonds is 8. The molecule has 0 heterocycles. The number of carboxylic acids is 1. The first-order valence-corrected chi connectivity index (χ1v) is 5.93. The molecule has 0 spiro atoms. The number of nitrogens with one attached hydrogen (secondary N) is 1. The lowest BCUT2D eigenvalue weighted by atomic mass is 10.1. The molecular formula is C11H22N2O4. The second-order valence-electron chi connectivity index (χ2n) is 3.76. The number of carbonyl (C=O) groups excluding carboxylic acids is 1. The van der Waals surface area contributed by atoms with Crippen LogP contribution in [0.4, 0.5) is 4.79 Å². The highest BCUT2D eigenvalue weighted by atomic mass is 16.4. The second kappa shape index (κ2) is 8.81. The van der Waals surface area contributed by atoms with E-state index in [4.69, 9.17) is 10.2 Å². The molecule has 0 radical (unpaired) electrons. The number of carboxylic acid groups (broad SMARTS) is 1. The van der Waals surface area contributed by atoms with E-state index in [0.717, 1.165) is 12.8 Å². The van der Waals surface area contributed by atoms with Crippen molar-refractivity contribution in [2.75, 3.05) is 19.7 Å². The van der Waals surface area contributed by atoms with E-state index in [-0.39, 0.29) is 38.2 Å². The molecule has 0 aliphatic heterocycles. The number of hydrogen-bond donors (Lipinski definition) is 3. The zero-order valence-electron chi connectivity index (χ0n) is 10.5. The fraction of sp³-hybridized carbons (Fsp3) is 0.818. The quantitative estimate of drug-likeness (QED) is 0.586. The van der Waals surface area contributed by atoms with Gasteiger partial charge in [-0.15, -0.1) is 0 Å². The fourth-order valence-electron chi connectivity index (χ4n) is 1.67. The number of hydrogen-bond acceptors (Lipinski definition) is 3. The summed E-state index contributed by atoms with van der Waals surface area (Å²) in [7, 11) is 0.